The van der Waals surface area contributed by atoms with E-state index in [2.05, 4.69) is 22.3 Å². The summed E-state index contributed by atoms with van der Waals surface area (Å²) < 4.78 is 10.8. The highest BCUT2D eigenvalue weighted by Crippen LogP contribution is 2.30. The van der Waals surface area contributed by atoms with E-state index >= 15 is 0 Å². The number of fused-ring (bicyclic) bond motifs is 1. The number of nitrogens with zero attached hydrogens (tertiary/aromatic N) is 1. The highest BCUT2D eigenvalue weighted by molar-refractivity contribution is 5.39. The van der Waals surface area contributed by atoms with Crippen molar-refractivity contribution in [2.45, 2.75) is 12.6 Å². The van der Waals surface area contributed by atoms with Crippen molar-refractivity contribution in [3.05, 3.63) is 29.3 Å². The Morgan fingerprint density at radius 1 is 1.33 bits per heavy atom. The lowest BCUT2D eigenvalue weighted by molar-refractivity contribution is 0.0146. The van der Waals surface area contributed by atoms with Crippen molar-refractivity contribution < 1.29 is 9.47 Å². The lowest BCUT2D eigenvalue weighted by Crippen LogP contribution is -2.45. The normalized spacial score (nSPS) is 24.6. The molecule has 2 heterocycles. The van der Waals surface area contributed by atoms with E-state index in [0.29, 0.717) is 6.04 Å². The van der Waals surface area contributed by atoms with E-state index in [4.69, 9.17) is 9.47 Å². The Hall–Kier alpha value is -1.10. The van der Waals surface area contributed by atoms with Gasteiger partial charge in [0.25, 0.3) is 0 Å². The van der Waals surface area contributed by atoms with Crippen molar-refractivity contribution in [2.75, 3.05) is 40.0 Å². The van der Waals surface area contributed by atoms with Gasteiger partial charge >= 0.3 is 0 Å². The van der Waals surface area contributed by atoms with Gasteiger partial charge in [0.05, 0.1) is 20.3 Å². The smallest absolute Gasteiger partial charge is 0.119 e. The molecule has 1 aromatic rings. The number of ether oxygens (including phenoxy) is 2. The van der Waals surface area contributed by atoms with Gasteiger partial charge in [-0.1, -0.05) is 6.07 Å². The number of hydrogen-bond acceptors (Lipinski definition) is 4. The van der Waals surface area contributed by atoms with Gasteiger partial charge in [0, 0.05) is 32.2 Å². The molecule has 0 aromatic heterocycles. The van der Waals surface area contributed by atoms with Crippen molar-refractivity contribution in [2.24, 2.45) is 0 Å². The van der Waals surface area contributed by atoms with Crippen molar-refractivity contribution in [1.29, 1.82) is 0 Å². The Morgan fingerprint density at radius 2 is 2.17 bits per heavy atom. The van der Waals surface area contributed by atoms with Gasteiger partial charge in [-0.2, -0.15) is 0 Å². The second kappa shape index (κ2) is 5.26. The maximum Gasteiger partial charge on any atom is 0.119 e. The van der Waals surface area contributed by atoms with E-state index in [1.165, 1.54) is 11.1 Å². The highest BCUT2D eigenvalue weighted by Gasteiger charge is 2.27. The molecule has 0 spiro atoms. The average Bonchev–Trinajstić information content (AvgIpc) is 2.47. The van der Waals surface area contributed by atoms with E-state index in [1.54, 1.807) is 7.11 Å². The minimum Gasteiger partial charge on any atom is -0.497 e. The fourth-order valence-corrected chi connectivity index (χ4v) is 2.84. The summed E-state index contributed by atoms with van der Waals surface area (Å²) in [5.41, 5.74) is 2.80. The molecule has 1 fully saturated rings. The third-order valence-corrected chi connectivity index (χ3v) is 3.85. The summed E-state index contributed by atoms with van der Waals surface area (Å²) in [7, 11) is 1.73. The SMILES string of the molecule is COc1ccc2c(c1)[C@H](N1CCOCC1)CNC2. The van der Waals surface area contributed by atoms with Crippen LogP contribution in [0, 0.1) is 0 Å². The maximum absolute atomic E-state index is 5.44. The van der Waals surface area contributed by atoms with Crippen LogP contribution < -0.4 is 10.1 Å². The second-order valence-corrected chi connectivity index (χ2v) is 4.86. The predicted molar refractivity (Wildman–Crippen MR) is 69.8 cm³/mol. The molecule has 0 radical (unpaired) electrons. The molecule has 18 heavy (non-hydrogen) atoms. The Bertz CT molecular complexity index is 416. The van der Waals surface area contributed by atoms with E-state index in [1.807, 2.05) is 6.07 Å². The van der Waals surface area contributed by atoms with Crippen molar-refractivity contribution >= 4 is 0 Å². The molecule has 4 heteroatoms. The Balaban J connectivity index is 1.89. The summed E-state index contributed by atoms with van der Waals surface area (Å²) in [5.74, 6) is 0.953. The minimum atomic E-state index is 0.452. The minimum absolute atomic E-state index is 0.452. The molecule has 3 rings (SSSR count). The van der Waals surface area contributed by atoms with E-state index < -0.39 is 0 Å². The van der Waals surface area contributed by atoms with Crippen molar-refractivity contribution in [3.8, 4) is 5.75 Å². The first-order valence-corrected chi connectivity index (χ1v) is 6.58. The number of morpholine rings is 1. The van der Waals surface area contributed by atoms with Crippen LogP contribution in [0.3, 0.4) is 0 Å². The van der Waals surface area contributed by atoms with E-state index in [9.17, 15) is 0 Å². The molecule has 0 unspecified atom stereocenters. The number of nitrogens with one attached hydrogen (secondary N) is 1. The van der Waals surface area contributed by atoms with Crippen LogP contribution in [-0.2, 0) is 11.3 Å². The van der Waals surface area contributed by atoms with Gasteiger partial charge in [-0.25, -0.2) is 0 Å². The van der Waals surface area contributed by atoms with Gasteiger partial charge in [-0.05, 0) is 23.3 Å². The van der Waals surface area contributed by atoms with Crippen LogP contribution in [-0.4, -0.2) is 44.9 Å². The van der Waals surface area contributed by atoms with Crippen LogP contribution in [0.5, 0.6) is 5.75 Å². The molecule has 1 saturated heterocycles. The monoisotopic (exact) mass is 248 g/mol. The second-order valence-electron chi connectivity index (χ2n) is 4.86. The van der Waals surface area contributed by atoms with Crippen LogP contribution in [0.1, 0.15) is 17.2 Å². The van der Waals surface area contributed by atoms with Crippen molar-refractivity contribution in [3.63, 3.8) is 0 Å². The first-order chi connectivity index (χ1) is 8.88. The Morgan fingerprint density at radius 3 is 2.94 bits per heavy atom. The standard InChI is InChI=1S/C14H20N2O2/c1-17-12-3-2-11-9-15-10-14(13(11)8-12)16-4-6-18-7-5-16/h2-3,8,14-15H,4-7,9-10H2,1H3/t14-/m1/s1. The average molecular weight is 248 g/mol. The van der Waals surface area contributed by atoms with Crippen LogP contribution in [0.4, 0.5) is 0 Å². The fraction of sp³-hybridized carbons (Fsp3) is 0.571. The molecule has 2 aliphatic rings. The molecule has 4 nitrogen and oxygen atoms in total. The quantitative estimate of drug-likeness (QED) is 0.852. The zero-order chi connectivity index (χ0) is 12.4. The Kier molecular flexibility index (Phi) is 3.50. The summed E-state index contributed by atoms with van der Waals surface area (Å²) in [6.07, 6.45) is 0. The molecule has 1 aromatic carbocycles. The third-order valence-electron chi connectivity index (χ3n) is 3.85. The zero-order valence-corrected chi connectivity index (χ0v) is 10.8. The van der Waals surface area contributed by atoms with Gasteiger partial charge in [0.1, 0.15) is 5.75 Å². The number of methoxy groups -OCH3 is 1. The Labute approximate surface area is 108 Å². The van der Waals surface area contributed by atoms with Crippen LogP contribution in [0.25, 0.3) is 0 Å². The van der Waals surface area contributed by atoms with Gasteiger partial charge in [-0.3, -0.25) is 4.90 Å². The first kappa shape index (κ1) is 12.0. The molecular weight excluding hydrogens is 228 g/mol. The highest BCUT2D eigenvalue weighted by atomic mass is 16.5. The van der Waals surface area contributed by atoms with Crippen LogP contribution >= 0.6 is 0 Å². The molecule has 1 N–H and O–H groups in total. The molecule has 98 valence electrons. The van der Waals surface area contributed by atoms with Crippen LogP contribution in [0.2, 0.25) is 0 Å². The largest absolute Gasteiger partial charge is 0.497 e. The summed E-state index contributed by atoms with van der Waals surface area (Å²) in [4.78, 5) is 2.51. The number of benzene rings is 1. The lowest BCUT2D eigenvalue weighted by Gasteiger charge is -2.38. The number of rotatable bonds is 2. The summed E-state index contributed by atoms with van der Waals surface area (Å²) >= 11 is 0. The predicted octanol–water partition coefficient (Wildman–Crippen LogP) is 1.17. The summed E-state index contributed by atoms with van der Waals surface area (Å²) in [5, 5.41) is 3.50. The fourth-order valence-electron chi connectivity index (χ4n) is 2.84. The van der Waals surface area contributed by atoms with Crippen LogP contribution in [0.15, 0.2) is 18.2 Å². The molecule has 2 aliphatic heterocycles. The third kappa shape index (κ3) is 2.23. The molecule has 0 bridgehead atoms. The van der Waals surface area contributed by atoms with E-state index in [-0.39, 0.29) is 0 Å². The summed E-state index contributed by atoms with van der Waals surface area (Å²) in [6.45, 7) is 5.69. The first-order valence-electron chi connectivity index (χ1n) is 6.58. The van der Waals surface area contributed by atoms with Gasteiger partial charge in [-0.15, -0.1) is 0 Å². The van der Waals surface area contributed by atoms with Gasteiger partial charge < -0.3 is 14.8 Å². The molecular formula is C14H20N2O2. The molecule has 0 aliphatic carbocycles. The maximum atomic E-state index is 5.44. The van der Waals surface area contributed by atoms with Crippen molar-refractivity contribution in [1.82, 2.24) is 10.2 Å². The van der Waals surface area contributed by atoms with E-state index in [0.717, 1.165) is 45.1 Å². The summed E-state index contributed by atoms with van der Waals surface area (Å²) in [6, 6.07) is 6.86. The van der Waals surface area contributed by atoms with Gasteiger partial charge in [0.15, 0.2) is 0 Å². The zero-order valence-electron chi connectivity index (χ0n) is 10.8. The molecule has 1 atom stereocenters. The molecule has 0 amide bonds. The number of hydrogen-bond donors (Lipinski definition) is 1. The topological polar surface area (TPSA) is 33.7 Å². The molecule has 0 saturated carbocycles. The lowest BCUT2D eigenvalue weighted by atomic mass is 9.95. The van der Waals surface area contributed by atoms with Gasteiger partial charge in [0.2, 0.25) is 0 Å².